The van der Waals surface area contributed by atoms with E-state index in [1.165, 1.54) is 38.5 Å². The van der Waals surface area contributed by atoms with Crippen molar-refractivity contribution in [1.29, 1.82) is 0 Å². The Balaban J connectivity index is 2.99. The Hall–Kier alpha value is -0.0800. The lowest BCUT2D eigenvalue weighted by atomic mass is 10.1. The van der Waals surface area contributed by atoms with Gasteiger partial charge in [-0.2, -0.15) is 0 Å². The van der Waals surface area contributed by atoms with E-state index in [0.717, 1.165) is 13.0 Å². The first-order chi connectivity index (χ1) is 7.06. The average molecular weight is 216 g/mol. The lowest BCUT2D eigenvalue weighted by molar-refractivity contribution is -0.348. The molecule has 15 heavy (non-hydrogen) atoms. The highest BCUT2D eigenvalue weighted by Crippen LogP contribution is 2.09. The van der Waals surface area contributed by atoms with E-state index in [0.29, 0.717) is 0 Å². The van der Waals surface area contributed by atoms with Gasteiger partial charge in [-0.3, -0.25) is 0 Å². The average Bonchev–Trinajstić information content (AvgIpc) is 2.14. The number of rotatable bonds is 9. The molecule has 0 rings (SSSR count). The predicted molar refractivity (Wildman–Crippen MR) is 64.8 cm³/mol. The third kappa shape index (κ3) is 13.9. The van der Waals surface area contributed by atoms with Crippen LogP contribution in [0.5, 0.6) is 0 Å². The first-order valence-electron chi connectivity index (χ1n) is 6.37. The SMILES string of the molecule is CCCCCCCCCOOC(C)(C)C. The van der Waals surface area contributed by atoms with E-state index in [4.69, 9.17) is 9.78 Å². The first kappa shape index (κ1) is 14.9. The summed E-state index contributed by atoms with van der Waals surface area (Å²) in [6.07, 6.45) is 9.16. The summed E-state index contributed by atoms with van der Waals surface area (Å²) in [4.78, 5) is 10.3. The highest BCUT2D eigenvalue weighted by molar-refractivity contribution is 4.54. The molecule has 0 saturated carbocycles. The highest BCUT2D eigenvalue weighted by atomic mass is 17.2. The van der Waals surface area contributed by atoms with Gasteiger partial charge < -0.3 is 0 Å². The maximum atomic E-state index is 5.17. The molecule has 0 aliphatic rings. The monoisotopic (exact) mass is 216 g/mol. The van der Waals surface area contributed by atoms with Crippen LogP contribution in [-0.2, 0) is 9.78 Å². The molecule has 0 aliphatic carbocycles. The van der Waals surface area contributed by atoms with Crippen LogP contribution in [0.1, 0.15) is 72.6 Å². The molecule has 0 amide bonds. The number of hydrogen-bond acceptors (Lipinski definition) is 2. The molecule has 92 valence electrons. The molecule has 2 heteroatoms. The van der Waals surface area contributed by atoms with Gasteiger partial charge in [0.15, 0.2) is 0 Å². The van der Waals surface area contributed by atoms with E-state index in [1.807, 2.05) is 20.8 Å². The molecule has 0 heterocycles. The second-order valence-corrected chi connectivity index (χ2v) is 5.14. The summed E-state index contributed by atoms with van der Waals surface area (Å²) in [5, 5.41) is 0. The summed E-state index contributed by atoms with van der Waals surface area (Å²) in [7, 11) is 0. The van der Waals surface area contributed by atoms with Crippen LogP contribution in [0, 0.1) is 0 Å². The molecule has 0 N–H and O–H groups in total. The molecule has 0 atom stereocenters. The quantitative estimate of drug-likeness (QED) is 0.321. The van der Waals surface area contributed by atoms with Gasteiger partial charge in [0.05, 0.1) is 12.2 Å². The van der Waals surface area contributed by atoms with Crippen molar-refractivity contribution in [3.05, 3.63) is 0 Å². The van der Waals surface area contributed by atoms with Crippen molar-refractivity contribution in [3.8, 4) is 0 Å². The van der Waals surface area contributed by atoms with Gasteiger partial charge >= 0.3 is 0 Å². The third-order valence-corrected chi connectivity index (χ3v) is 2.14. The van der Waals surface area contributed by atoms with Crippen LogP contribution >= 0.6 is 0 Å². The molecule has 0 bridgehead atoms. The van der Waals surface area contributed by atoms with E-state index in [2.05, 4.69) is 6.92 Å². The number of hydrogen-bond donors (Lipinski definition) is 0. The first-order valence-corrected chi connectivity index (χ1v) is 6.37. The van der Waals surface area contributed by atoms with Gasteiger partial charge in [0, 0.05) is 0 Å². The van der Waals surface area contributed by atoms with E-state index in [1.54, 1.807) is 0 Å². The minimum absolute atomic E-state index is 0.179. The van der Waals surface area contributed by atoms with Crippen molar-refractivity contribution < 1.29 is 9.78 Å². The number of unbranched alkanes of at least 4 members (excludes halogenated alkanes) is 6. The zero-order valence-electron chi connectivity index (χ0n) is 11.0. The van der Waals surface area contributed by atoms with Crippen LogP contribution in [0.3, 0.4) is 0 Å². The van der Waals surface area contributed by atoms with Crippen molar-refractivity contribution in [2.75, 3.05) is 6.61 Å². The van der Waals surface area contributed by atoms with Crippen molar-refractivity contribution in [3.63, 3.8) is 0 Å². The van der Waals surface area contributed by atoms with Crippen LogP contribution in [-0.4, -0.2) is 12.2 Å². The maximum Gasteiger partial charge on any atom is 0.0952 e. The normalized spacial score (nSPS) is 12.0. The fourth-order valence-corrected chi connectivity index (χ4v) is 1.34. The van der Waals surface area contributed by atoms with Crippen molar-refractivity contribution >= 4 is 0 Å². The molecule has 0 aromatic heterocycles. The van der Waals surface area contributed by atoms with Crippen LogP contribution in [0.15, 0.2) is 0 Å². The molecule has 0 unspecified atom stereocenters. The third-order valence-electron chi connectivity index (χ3n) is 2.14. The minimum atomic E-state index is -0.179. The lowest BCUT2D eigenvalue weighted by Crippen LogP contribution is -2.19. The molecule has 0 aliphatic heterocycles. The smallest absolute Gasteiger partial charge is 0.0952 e. The predicted octanol–water partition coefficient (Wildman–Crippen LogP) is 4.48. The summed E-state index contributed by atoms with van der Waals surface area (Å²) in [6.45, 7) is 8.97. The van der Waals surface area contributed by atoms with Gasteiger partial charge in [-0.1, -0.05) is 45.4 Å². The largest absolute Gasteiger partial charge is 0.236 e. The molecule has 0 saturated heterocycles. The van der Waals surface area contributed by atoms with Crippen molar-refractivity contribution in [1.82, 2.24) is 0 Å². The molecular weight excluding hydrogens is 188 g/mol. The second kappa shape index (κ2) is 9.17. The molecule has 0 fully saturated rings. The Labute approximate surface area is 95.3 Å². The molecular formula is C13H28O2. The van der Waals surface area contributed by atoms with Gasteiger partial charge in [0.1, 0.15) is 0 Å². The summed E-state index contributed by atoms with van der Waals surface area (Å²) in [5.74, 6) is 0. The maximum absolute atomic E-state index is 5.17. The van der Waals surface area contributed by atoms with Gasteiger partial charge in [-0.25, -0.2) is 9.78 Å². The van der Waals surface area contributed by atoms with Crippen molar-refractivity contribution in [2.24, 2.45) is 0 Å². The fourth-order valence-electron chi connectivity index (χ4n) is 1.34. The van der Waals surface area contributed by atoms with Crippen LogP contribution in [0.4, 0.5) is 0 Å². The van der Waals surface area contributed by atoms with E-state index >= 15 is 0 Å². The van der Waals surface area contributed by atoms with Gasteiger partial charge in [0.25, 0.3) is 0 Å². The fraction of sp³-hybridized carbons (Fsp3) is 1.00. The van der Waals surface area contributed by atoms with Gasteiger partial charge in [0.2, 0.25) is 0 Å². The highest BCUT2D eigenvalue weighted by Gasteiger charge is 2.10. The summed E-state index contributed by atoms with van der Waals surface area (Å²) < 4.78 is 0. The van der Waals surface area contributed by atoms with Gasteiger partial charge in [-0.05, 0) is 27.2 Å². The van der Waals surface area contributed by atoms with Crippen LogP contribution in [0.25, 0.3) is 0 Å². The molecule has 2 nitrogen and oxygen atoms in total. The Morgan fingerprint density at radius 1 is 0.800 bits per heavy atom. The zero-order chi connectivity index (χ0) is 11.6. The van der Waals surface area contributed by atoms with Crippen LogP contribution in [0.2, 0.25) is 0 Å². The molecule has 0 aromatic carbocycles. The Bertz CT molecular complexity index is 127. The Kier molecular flexibility index (Phi) is 9.12. The van der Waals surface area contributed by atoms with E-state index in [9.17, 15) is 0 Å². The standard InChI is InChI=1S/C13H28O2/c1-5-6-7-8-9-10-11-12-14-15-13(2,3)4/h5-12H2,1-4H3. The van der Waals surface area contributed by atoms with Crippen LogP contribution < -0.4 is 0 Å². The lowest BCUT2D eigenvalue weighted by Gasteiger charge is -2.17. The minimum Gasteiger partial charge on any atom is -0.236 e. The van der Waals surface area contributed by atoms with E-state index < -0.39 is 0 Å². The Morgan fingerprint density at radius 2 is 1.33 bits per heavy atom. The summed E-state index contributed by atoms with van der Waals surface area (Å²) >= 11 is 0. The summed E-state index contributed by atoms with van der Waals surface area (Å²) in [6, 6.07) is 0. The molecule has 0 spiro atoms. The molecule has 0 aromatic rings. The topological polar surface area (TPSA) is 18.5 Å². The van der Waals surface area contributed by atoms with E-state index in [-0.39, 0.29) is 5.60 Å². The summed E-state index contributed by atoms with van der Waals surface area (Å²) in [5.41, 5.74) is -0.179. The zero-order valence-corrected chi connectivity index (χ0v) is 11.0. The Morgan fingerprint density at radius 3 is 1.87 bits per heavy atom. The second-order valence-electron chi connectivity index (χ2n) is 5.14. The van der Waals surface area contributed by atoms with Gasteiger partial charge in [-0.15, -0.1) is 0 Å². The van der Waals surface area contributed by atoms with Crippen molar-refractivity contribution in [2.45, 2.75) is 78.2 Å². The molecule has 0 radical (unpaired) electrons.